The van der Waals surface area contributed by atoms with Gasteiger partial charge in [-0.25, -0.2) is 14.0 Å². The van der Waals surface area contributed by atoms with E-state index in [4.69, 9.17) is 0 Å². The molecule has 1 aliphatic rings. The van der Waals surface area contributed by atoms with Gasteiger partial charge in [-0.1, -0.05) is 12.1 Å². The highest BCUT2D eigenvalue weighted by Crippen LogP contribution is 2.28. The molecule has 1 atom stereocenters. The molecule has 1 aromatic rings. The quantitative estimate of drug-likeness (QED) is 0.683. The van der Waals surface area contributed by atoms with E-state index < -0.39 is 41.8 Å². The number of benzene rings is 1. The molecular formula is C14H15FN4O4. The summed E-state index contributed by atoms with van der Waals surface area (Å²) in [5, 5.41) is 6.61. The van der Waals surface area contributed by atoms with E-state index in [2.05, 4.69) is 10.6 Å². The second-order valence-corrected chi connectivity index (χ2v) is 5.08. The van der Waals surface area contributed by atoms with E-state index in [1.165, 1.54) is 38.2 Å². The maximum absolute atomic E-state index is 13.0. The Labute approximate surface area is 131 Å². The van der Waals surface area contributed by atoms with E-state index in [1.54, 1.807) is 0 Å². The van der Waals surface area contributed by atoms with Crippen molar-refractivity contribution in [1.82, 2.24) is 20.9 Å². The summed E-state index contributed by atoms with van der Waals surface area (Å²) in [6, 6.07) is 3.57. The number of amides is 6. The molecular weight excluding hydrogens is 307 g/mol. The first-order valence-electron chi connectivity index (χ1n) is 6.69. The van der Waals surface area contributed by atoms with Gasteiger partial charge in [0, 0.05) is 7.05 Å². The van der Waals surface area contributed by atoms with E-state index in [0.29, 0.717) is 10.5 Å². The highest BCUT2D eigenvalue weighted by atomic mass is 19.1. The average molecular weight is 322 g/mol. The van der Waals surface area contributed by atoms with Crippen molar-refractivity contribution in [2.75, 3.05) is 13.6 Å². The molecule has 3 N–H and O–H groups in total. The van der Waals surface area contributed by atoms with Gasteiger partial charge in [0.05, 0.1) is 0 Å². The first-order valence-corrected chi connectivity index (χ1v) is 6.69. The largest absolute Gasteiger partial charge is 0.341 e. The molecule has 1 fully saturated rings. The molecule has 0 unspecified atom stereocenters. The SMILES string of the molecule is CNC(=O)NC(=O)CN1C(=O)N[C@@](C)(c2ccc(F)cc2)C1=O. The molecule has 0 spiro atoms. The number of nitrogens with one attached hydrogen (secondary N) is 3. The summed E-state index contributed by atoms with van der Waals surface area (Å²) in [5.74, 6) is -1.95. The second kappa shape index (κ2) is 6.03. The molecule has 122 valence electrons. The van der Waals surface area contributed by atoms with Crippen LogP contribution in [0.5, 0.6) is 0 Å². The number of hydrogen-bond donors (Lipinski definition) is 3. The zero-order valence-electron chi connectivity index (χ0n) is 12.5. The lowest BCUT2D eigenvalue weighted by Crippen LogP contribution is -2.46. The van der Waals surface area contributed by atoms with Crippen molar-refractivity contribution in [3.63, 3.8) is 0 Å². The Balaban J connectivity index is 2.17. The van der Waals surface area contributed by atoms with Crippen molar-refractivity contribution in [3.8, 4) is 0 Å². The van der Waals surface area contributed by atoms with Gasteiger partial charge in [0.1, 0.15) is 17.9 Å². The molecule has 0 saturated carbocycles. The lowest BCUT2D eigenvalue weighted by Gasteiger charge is -2.22. The molecule has 1 heterocycles. The van der Waals surface area contributed by atoms with Crippen molar-refractivity contribution in [3.05, 3.63) is 35.6 Å². The fraction of sp³-hybridized carbons (Fsp3) is 0.286. The van der Waals surface area contributed by atoms with Crippen LogP contribution >= 0.6 is 0 Å². The molecule has 0 aliphatic carbocycles. The third kappa shape index (κ3) is 3.12. The third-order valence-electron chi connectivity index (χ3n) is 3.48. The lowest BCUT2D eigenvalue weighted by molar-refractivity contribution is -0.134. The van der Waals surface area contributed by atoms with Crippen LogP contribution in [-0.2, 0) is 15.1 Å². The summed E-state index contributed by atoms with van der Waals surface area (Å²) < 4.78 is 13.0. The number of nitrogens with zero attached hydrogens (tertiary/aromatic N) is 1. The molecule has 1 aliphatic heterocycles. The average Bonchev–Trinajstić information content (AvgIpc) is 2.72. The lowest BCUT2D eigenvalue weighted by atomic mass is 9.92. The maximum Gasteiger partial charge on any atom is 0.325 e. The fourth-order valence-electron chi connectivity index (χ4n) is 2.19. The van der Waals surface area contributed by atoms with Gasteiger partial charge in [0.25, 0.3) is 5.91 Å². The number of halogens is 1. The Morgan fingerprint density at radius 2 is 1.87 bits per heavy atom. The summed E-state index contributed by atoms with van der Waals surface area (Å²) in [4.78, 5) is 47.9. The summed E-state index contributed by atoms with van der Waals surface area (Å²) in [5.41, 5.74) is -1.02. The van der Waals surface area contributed by atoms with Crippen LogP contribution in [0.1, 0.15) is 12.5 Å². The third-order valence-corrected chi connectivity index (χ3v) is 3.48. The Morgan fingerprint density at radius 3 is 2.43 bits per heavy atom. The minimum absolute atomic E-state index is 0.381. The van der Waals surface area contributed by atoms with Crippen LogP contribution < -0.4 is 16.0 Å². The van der Waals surface area contributed by atoms with Crippen LogP contribution in [0.4, 0.5) is 14.0 Å². The first kappa shape index (κ1) is 16.4. The molecule has 2 rings (SSSR count). The van der Waals surface area contributed by atoms with E-state index in [-0.39, 0.29) is 0 Å². The standard InChI is InChI=1S/C14H15FN4O4/c1-14(8-3-5-9(15)6-4-8)11(21)19(13(23)18-14)7-10(20)17-12(22)16-2/h3-6H,7H2,1-2H3,(H,18,23)(H2,16,17,20,22)/t14-/m0/s1. The van der Waals surface area contributed by atoms with E-state index in [9.17, 15) is 23.6 Å². The van der Waals surface area contributed by atoms with Crippen LogP contribution in [0.15, 0.2) is 24.3 Å². The number of urea groups is 2. The number of imide groups is 2. The molecule has 9 heteroatoms. The van der Waals surface area contributed by atoms with Crippen molar-refractivity contribution in [2.24, 2.45) is 0 Å². The van der Waals surface area contributed by atoms with Gasteiger partial charge in [0.2, 0.25) is 5.91 Å². The van der Waals surface area contributed by atoms with Crippen LogP contribution in [0.2, 0.25) is 0 Å². The summed E-state index contributed by atoms with van der Waals surface area (Å²) in [7, 11) is 1.32. The van der Waals surface area contributed by atoms with Gasteiger partial charge >= 0.3 is 12.1 Å². The summed E-state index contributed by atoms with van der Waals surface area (Å²) >= 11 is 0. The molecule has 6 amide bonds. The molecule has 1 saturated heterocycles. The zero-order valence-corrected chi connectivity index (χ0v) is 12.5. The molecule has 1 aromatic carbocycles. The van der Waals surface area contributed by atoms with Crippen LogP contribution in [-0.4, -0.2) is 42.4 Å². The maximum atomic E-state index is 13.0. The number of hydrogen-bond acceptors (Lipinski definition) is 4. The Kier molecular flexibility index (Phi) is 4.30. The highest BCUT2D eigenvalue weighted by Gasteiger charge is 2.49. The minimum Gasteiger partial charge on any atom is -0.341 e. The van der Waals surface area contributed by atoms with E-state index in [0.717, 1.165) is 0 Å². The second-order valence-electron chi connectivity index (χ2n) is 5.08. The first-order chi connectivity index (χ1) is 10.8. The topological polar surface area (TPSA) is 108 Å². The number of carbonyl (C=O) groups is 4. The molecule has 8 nitrogen and oxygen atoms in total. The normalized spacial score (nSPS) is 20.2. The number of rotatable bonds is 3. The highest BCUT2D eigenvalue weighted by molar-refractivity contribution is 6.10. The summed E-state index contributed by atoms with van der Waals surface area (Å²) in [6.07, 6.45) is 0. The zero-order chi connectivity index (χ0) is 17.2. The molecule has 0 radical (unpaired) electrons. The van der Waals surface area contributed by atoms with Crippen LogP contribution in [0.25, 0.3) is 0 Å². The van der Waals surface area contributed by atoms with Crippen molar-refractivity contribution in [1.29, 1.82) is 0 Å². The molecule has 23 heavy (non-hydrogen) atoms. The molecule has 0 aromatic heterocycles. The van der Waals surface area contributed by atoms with Gasteiger partial charge in [-0.3, -0.25) is 19.8 Å². The van der Waals surface area contributed by atoms with Crippen molar-refractivity contribution in [2.45, 2.75) is 12.5 Å². The van der Waals surface area contributed by atoms with Gasteiger partial charge in [-0.15, -0.1) is 0 Å². The van der Waals surface area contributed by atoms with Gasteiger partial charge in [-0.05, 0) is 24.6 Å². The minimum atomic E-state index is -1.40. The van der Waals surface area contributed by atoms with Gasteiger partial charge in [-0.2, -0.15) is 0 Å². The van der Waals surface area contributed by atoms with E-state index >= 15 is 0 Å². The van der Waals surface area contributed by atoms with Crippen molar-refractivity contribution >= 4 is 23.9 Å². The van der Waals surface area contributed by atoms with E-state index in [1.807, 2.05) is 5.32 Å². The van der Waals surface area contributed by atoms with Crippen LogP contribution in [0, 0.1) is 5.82 Å². The Hall–Kier alpha value is -2.97. The smallest absolute Gasteiger partial charge is 0.325 e. The Bertz CT molecular complexity index is 676. The fourth-order valence-corrected chi connectivity index (χ4v) is 2.19. The summed E-state index contributed by atoms with van der Waals surface area (Å²) in [6.45, 7) is 0.853. The van der Waals surface area contributed by atoms with Gasteiger partial charge < -0.3 is 10.6 Å². The monoisotopic (exact) mass is 322 g/mol. The Morgan fingerprint density at radius 1 is 1.26 bits per heavy atom. The molecule has 0 bridgehead atoms. The van der Waals surface area contributed by atoms with Crippen molar-refractivity contribution < 1.29 is 23.6 Å². The predicted octanol–water partition coefficient (Wildman–Crippen LogP) is 0.0483. The predicted molar refractivity (Wildman–Crippen MR) is 76.6 cm³/mol. The van der Waals surface area contributed by atoms with Gasteiger partial charge in [0.15, 0.2) is 0 Å². The van der Waals surface area contributed by atoms with Crippen LogP contribution in [0.3, 0.4) is 0 Å². The number of carbonyl (C=O) groups excluding carboxylic acids is 4.